The van der Waals surface area contributed by atoms with Gasteiger partial charge in [-0.05, 0) is 19.1 Å². The Bertz CT molecular complexity index is 510. The monoisotopic (exact) mass is 265 g/mol. The van der Waals surface area contributed by atoms with E-state index in [4.69, 9.17) is 10.5 Å². The molecule has 1 atom stereocenters. The van der Waals surface area contributed by atoms with Gasteiger partial charge in [-0.2, -0.15) is 0 Å². The number of imidazole rings is 1. The third-order valence-corrected chi connectivity index (χ3v) is 3.60. The summed E-state index contributed by atoms with van der Waals surface area (Å²) in [6.45, 7) is 2.75. The average Bonchev–Trinajstić information content (AvgIpc) is 2.68. The van der Waals surface area contributed by atoms with Crippen molar-refractivity contribution in [2.45, 2.75) is 24.4 Å². The summed E-state index contributed by atoms with van der Waals surface area (Å²) in [5.41, 5.74) is 8.10. The van der Waals surface area contributed by atoms with E-state index in [9.17, 15) is 0 Å². The number of aromatic nitrogens is 2. The van der Waals surface area contributed by atoms with E-state index in [2.05, 4.69) is 9.38 Å². The summed E-state index contributed by atoms with van der Waals surface area (Å²) in [6.07, 6.45) is 2.88. The molecule has 2 N–H and O–H groups in total. The summed E-state index contributed by atoms with van der Waals surface area (Å²) in [5.74, 6) is 0.909. The van der Waals surface area contributed by atoms with Gasteiger partial charge < -0.3 is 14.9 Å². The van der Waals surface area contributed by atoms with Crippen molar-refractivity contribution in [2.75, 3.05) is 19.5 Å². The number of hydrogen-bond acceptors (Lipinski definition) is 4. The average molecular weight is 265 g/mol. The zero-order chi connectivity index (χ0) is 13.0. The Morgan fingerprint density at radius 2 is 2.33 bits per heavy atom. The molecule has 2 rings (SSSR count). The normalized spacial score (nSPS) is 13.1. The Labute approximate surface area is 112 Å². The third kappa shape index (κ3) is 3.04. The molecule has 2 aromatic rings. The molecular weight excluding hydrogens is 246 g/mol. The number of fused-ring (bicyclic) bond motifs is 1. The molecular formula is C13H19N3OS. The molecule has 2 aromatic heterocycles. The summed E-state index contributed by atoms with van der Waals surface area (Å²) in [5, 5.41) is 1.07. The summed E-state index contributed by atoms with van der Waals surface area (Å²) in [4.78, 5) is 4.65. The standard InChI is InChI=1S/C13H19N3OS/c1-10(14)9-11-13(18-8-7-17-2)15-12-5-3-4-6-16(11)12/h3-6,10H,7-9,14H2,1-2H3. The Balaban J connectivity index is 2.30. The first-order valence-corrected chi connectivity index (χ1v) is 7.04. The van der Waals surface area contributed by atoms with Gasteiger partial charge in [0.15, 0.2) is 0 Å². The molecule has 0 amide bonds. The lowest BCUT2D eigenvalue weighted by Crippen LogP contribution is -2.19. The van der Waals surface area contributed by atoms with Crippen LogP contribution in [0.4, 0.5) is 0 Å². The zero-order valence-corrected chi connectivity index (χ0v) is 11.6. The van der Waals surface area contributed by atoms with Crippen LogP contribution in [-0.4, -0.2) is 34.9 Å². The van der Waals surface area contributed by atoms with Crippen molar-refractivity contribution >= 4 is 17.4 Å². The van der Waals surface area contributed by atoms with Crippen LogP contribution in [-0.2, 0) is 11.2 Å². The van der Waals surface area contributed by atoms with Gasteiger partial charge in [-0.25, -0.2) is 4.98 Å². The fourth-order valence-corrected chi connectivity index (χ4v) is 2.80. The topological polar surface area (TPSA) is 52.5 Å². The highest BCUT2D eigenvalue weighted by molar-refractivity contribution is 7.99. The van der Waals surface area contributed by atoms with Gasteiger partial charge in [-0.15, -0.1) is 11.8 Å². The van der Waals surface area contributed by atoms with Crippen molar-refractivity contribution < 1.29 is 4.74 Å². The van der Waals surface area contributed by atoms with Crippen molar-refractivity contribution in [1.82, 2.24) is 9.38 Å². The van der Waals surface area contributed by atoms with Crippen molar-refractivity contribution in [3.8, 4) is 0 Å². The number of pyridine rings is 1. The van der Waals surface area contributed by atoms with Crippen LogP contribution < -0.4 is 5.73 Å². The lowest BCUT2D eigenvalue weighted by atomic mass is 10.2. The Hall–Kier alpha value is -1.04. The van der Waals surface area contributed by atoms with Gasteiger partial charge >= 0.3 is 0 Å². The number of methoxy groups -OCH3 is 1. The van der Waals surface area contributed by atoms with E-state index in [1.807, 2.05) is 31.3 Å². The maximum Gasteiger partial charge on any atom is 0.138 e. The number of thioether (sulfide) groups is 1. The molecule has 98 valence electrons. The lowest BCUT2D eigenvalue weighted by molar-refractivity contribution is 0.218. The van der Waals surface area contributed by atoms with Gasteiger partial charge in [0.2, 0.25) is 0 Å². The van der Waals surface area contributed by atoms with E-state index >= 15 is 0 Å². The van der Waals surface area contributed by atoms with Crippen LogP contribution in [0.3, 0.4) is 0 Å². The second-order valence-corrected chi connectivity index (χ2v) is 5.40. The summed E-state index contributed by atoms with van der Waals surface area (Å²) < 4.78 is 7.20. The van der Waals surface area contributed by atoms with E-state index in [0.29, 0.717) is 0 Å². The number of ether oxygens (including phenoxy) is 1. The summed E-state index contributed by atoms with van der Waals surface area (Å²) >= 11 is 1.73. The van der Waals surface area contributed by atoms with Gasteiger partial charge in [0.05, 0.1) is 12.3 Å². The fourth-order valence-electron chi connectivity index (χ4n) is 1.85. The van der Waals surface area contributed by atoms with Gasteiger partial charge in [-0.1, -0.05) is 6.07 Å². The van der Waals surface area contributed by atoms with Crippen LogP contribution >= 0.6 is 11.8 Å². The molecule has 0 aliphatic carbocycles. The smallest absolute Gasteiger partial charge is 0.138 e. The maximum absolute atomic E-state index is 5.92. The maximum atomic E-state index is 5.92. The van der Waals surface area contributed by atoms with E-state index in [0.717, 1.165) is 29.5 Å². The molecule has 0 aromatic carbocycles. The molecule has 5 heteroatoms. The first-order chi connectivity index (χ1) is 8.72. The second-order valence-electron chi connectivity index (χ2n) is 4.32. The molecule has 18 heavy (non-hydrogen) atoms. The summed E-state index contributed by atoms with van der Waals surface area (Å²) in [6, 6.07) is 6.17. The molecule has 0 aliphatic rings. The minimum absolute atomic E-state index is 0.131. The molecule has 0 saturated heterocycles. The summed E-state index contributed by atoms with van der Waals surface area (Å²) in [7, 11) is 1.72. The Morgan fingerprint density at radius 3 is 3.06 bits per heavy atom. The highest BCUT2D eigenvalue weighted by Crippen LogP contribution is 2.24. The van der Waals surface area contributed by atoms with Crippen LogP contribution in [0.1, 0.15) is 12.6 Å². The van der Waals surface area contributed by atoms with Gasteiger partial charge in [0, 0.05) is 31.5 Å². The van der Waals surface area contributed by atoms with Crippen molar-refractivity contribution in [1.29, 1.82) is 0 Å². The van der Waals surface area contributed by atoms with E-state index in [1.165, 1.54) is 5.69 Å². The number of nitrogens with two attached hydrogens (primary N) is 1. The predicted octanol–water partition coefficient (Wildman–Crippen LogP) is 1.96. The van der Waals surface area contributed by atoms with Crippen molar-refractivity contribution in [3.63, 3.8) is 0 Å². The molecule has 0 bridgehead atoms. The van der Waals surface area contributed by atoms with E-state index < -0.39 is 0 Å². The van der Waals surface area contributed by atoms with Gasteiger partial charge in [0.25, 0.3) is 0 Å². The number of rotatable bonds is 6. The molecule has 0 radical (unpaired) electrons. The van der Waals surface area contributed by atoms with Gasteiger partial charge in [-0.3, -0.25) is 0 Å². The van der Waals surface area contributed by atoms with Crippen molar-refractivity contribution in [3.05, 3.63) is 30.1 Å². The molecule has 4 nitrogen and oxygen atoms in total. The van der Waals surface area contributed by atoms with Crippen LogP contribution in [0.5, 0.6) is 0 Å². The zero-order valence-electron chi connectivity index (χ0n) is 10.8. The van der Waals surface area contributed by atoms with Crippen LogP contribution in [0.2, 0.25) is 0 Å². The highest BCUT2D eigenvalue weighted by atomic mass is 32.2. The largest absolute Gasteiger partial charge is 0.384 e. The molecule has 1 unspecified atom stereocenters. The van der Waals surface area contributed by atoms with E-state index in [1.54, 1.807) is 18.9 Å². The molecule has 0 fully saturated rings. The van der Waals surface area contributed by atoms with E-state index in [-0.39, 0.29) is 6.04 Å². The Kier molecular flexibility index (Phi) is 4.63. The molecule has 0 spiro atoms. The minimum Gasteiger partial charge on any atom is -0.384 e. The first-order valence-electron chi connectivity index (χ1n) is 6.05. The number of nitrogens with zero attached hydrogens (tertiary/aromatic N) is 2. The predicted molar refractivity (Wildman–Crippen MR) is 75.1 cm³/mol. The third-order valence-electron chi connectivity index (χ3n) is 2.63. The van der Waals surface area contributed by atoms with Crippen LogP contribution in [0.25, 0.3) is 5.65 Å². The Morgan fingerprint density at radius 1 is 1.50 bits per heavy atom. The SMILES string of the molecule is COCCSc1nc2ccccn2c1CC(C)N. The van der Waals surface area contributed by atoms with Crippen molar-refractivity contribution in [2.24, 2.45) is 5.73 Å². The molecule has 0 saturated carbocycles. The first kappa shape index (κ1) is 13.4. The van der Waals surface area contributed by atoms with Crippen LogP contribution in [0, 0.1) is 0 Å². The second kappa shape index (κ2) is 6.22. The van der Waals surface area contributed by atoms with Gasteiger partial charge in [0.1, 0.15) is 10.7 Å². The lowest BCUT2D eigenvalue weighted by Gasteiger charge is -2.07. The molecule has 0 aliphatic heterocycles. The number of hydrogen-bond donors (Lipinski definition) is 1. The molecule has 2 heterocycles. The fraction of sp³-hybridized carbons (Fsp3) is 0.462. The highest BCUT2D eigenvalue weighted by Gasteiger charge is 2.13. The quantitative estimate of drug-likeness (QED) is 0.641. The minimum atomic E-state index is 0.131. The van der Waals surface area contributed by atoms with Crippen LogP contribution in [0.15, 0.2) is 29.4 Å².